The molecule has 1 unspecified atom stereocenters. The normalized spacial score (nSPS) is 15.1. The Morgan fingerprint density at radius 2 is 1.87 bits per heavy atom. The standard InChI is InChI=1S/C22H23ClN4O3/c1-15-2-4-16(5-3-15)20(27-8-10-30-11-9-27)14-25-21(28)22(29)26-19-12-18(23)7-6-17(19)13-24/h2-7,12,20H,8-11,14H2,1H3,(H,25,28)(H,26,29). The van der Waals surface area contributed by atoms with Gasteiger partial charge in [-0.1, -0.05) is 41.4 Å². The number of hydrogen-bond acceptors (Lipinski definition) is 5. The molecule has 7 nitrogen and oxygen atoms in total. The number of aryl methyl sites for hydroxylation is 1. The lowest BCUT2D eigenvalue weighted by molar-refractivity contribution is -0.136. The molecule has 1 fully saturated rings. The van der Waals surface area contributed by atoms with Crippen LogP contribution in [0.5, 0.6) is 0 Å². The minimum Gasteiger partial charge on any atom is -0.379 e. The first-order valence-electron chi connectivity index (χ1n) is 9.65. The van der Waals surface area contributed by atoms with Crippen molar-refractivity contribution in [2.75, 3.05) is 38.2 Å². The number of ether oxygens (including phenoxy) is 1. The number of hydrogen-bond donors (Lipinski definition) is 2. The van der Waals surface area contributed by atoms with Crippen molar-refractivity contribution in [1.82, 2.24) is 10.2 Å². The average Bonchev–Trinajstić information content (AvgIpc) is 2.76. The number of carbonyl (C=O) groups is 2. The molecular weight excluding hydrogens is 404 g/mol. The molecule has 1 atom stereocenters. The molecule has 2 amide bonds. The van der Waals surface area contributed by atoms with Gasteiger partial charge >= 0.3 is 11.8 Å². The van der Waals surface area contributed by atoms with E-state index >= 15 is 0 Å². The van der Waals surface area contributed by atoms with E-state index in [0.717, 1.165) is 24.2 Å². The first-order valence-corrected chi connectivity index (χ1v) is 10.0. The molecule has 1 aliphatic heterocycles. The summed E-state index contributed by atoms with van der Waals surface area (Å²) in [6, 6.07) is 14.5. The van der Waals surface area contributed by atoms with Gasteiger partial charge in [-0.2, -0.15) is 5.26 Å². The van der Waals surface area contributed by atoms with Crippen LogP contribution in [0.15, 0.2) is 42.5 Å². The highest BCUT2D eigenvalue weighted by Crippen LogP contribution is 2.22. The summed E-state index contributed by atoms with van der Waals surface area (Å²) >= 11 is 5.93. The van der Waals surface area contributed by atoms with Gasteiger partial charge in [0.05, 0.1) is 30.5 Å². The molecule has 1 aliphatic rings. The number of halogens is 1. The maximum atomic E-state index is 12.4. The Morgan fingerprint density at radius 3 is 2.53 bits per heavy atom. The molecule has 2 aromatic rings. The Bertz CT molecular complexity index is 950. The Kier molecular flexibility index (Phi) is 7.41. The minimum atomic E-state index is -0.849. The van der Waals surface area contributed by atoms with Crippen LogP contribution in [0, 0.1) is 18.3 Å². The summed E-state index contributed by atoms with van der Waals surface area (Å²) in [5, 5.41) is 14.7. The van der Waals surface area contributed by atoms with E-state index in [4.69, 9.17) is 21.6 Å². The van der Waals surface area contributed by atoms with E-state index in [2.05, 4.69) is 15.5 Å². The van der Waals surface area contributed by atoms with E-state index in [9.17, 15) is 9.59 Å². The first kappa shape index (κ1) is 21.8. The third kappa shape index (κ3) is 5.57. The molecule has 30 heavy (non-hydrogen) atoms. The molecule has 2 aromatic carbocycles. The van der Waals surface area contributed by atoms with E-state index in [0.29, 0.717) is 18.2 Å². The van der Waals surface area contributed by atoms with Crippen molar-refractivity contribution in [2.24, 2.45) is 0 Å². The lowest BCUT2D eigenvalue weighted by Crippen LogP contribution is -2.45. The molecule has 0 aliphatic carbocycles. The number of amides is 2. The molecule has 2 N–H and O–H groups in total. The summed E-state index contributed by atoms with van der Waals surface area (Å²) < 4.78 is 5.44. The molecule has 3 rings (SSSR count). The molecule has 1 heterocycles. The van der Waals surface area contributed by atoms with Crippen LogP contribution < -0.4 is 10.6 Å². The second kappa shape index (κ2) is 10.2. The molecule has 1 saturated heterocycles. The zero-order valence-electron chi connectivity index (χ0n) is 16.7. The minimum absolute atomic E-state index is 0.0768. The largest absolute Gasteiger partial charge is 0.379 e. The molecule has 0 spiro atoms. The summed E-state index contributed by atoms with van der Waals surface area (Å²) in [6.45, 7) is 5.04. The van der Waals surface area contributed by atoms with Gasteiger partial charge in [-0.25, -0.2) is 0 Å². The molecule has 0 bridgehead atoms. The second-order valence-electron chi connectivity index (χ2n) is 7.04. The highest BCUT2D eigenvalue weighted by molar-refractivity contribution is 6.40. The fourth-order valence-electron chi connectivity index (χ4n) is 3.30. The molecule has 0 aromatic heterocycles. The maximum Gasteiger partial charge on any atom is 0.313 e. The summed E-state index contributed by atoms with van der Waals surface area (Å²) in [5.74, 6) is -1.62. The van der Waals surface area contributed by atoms with E-state index in [1.165, 1.54) is 12.1 Å². The topological polar surface area (TPSA) is 94.5 Å². The number of anilines is 1. The zero-order valence-corrected chi connectivity index (χ0v) is 17.4. The van der Waals surface area contributed by atoms with Gasteiger partial charge in [-0.05, 0) is 30.7 Å². The third-order valence-corrected chi connectivity index (χ3v) is 5.20. The van der Waals surface area contributed by atoms with Crippen molar-refractivity contribution in [3.05, 3.63) is 64.2 Å². The Balaban J connectivity index is 1.68. The van der Waals surface area contributed by atoms with Gasteiger partial charge in [-0.3, -0.25) is 14.5 Å². The summed E-state index contributed by atoms with van der Waals surface area (Å²) in [5.41, 5.74) is 2.64. The van der Waals surface area contributed by atoms with Gasteiger partial charge in [0.25, 0.3) is 0 Å². The third-order valence-electron chi connectivity index (χ3n) is 4.96. The highest BCUT2D eigenvalue weighted by atomic mass is 35.5. The number of nitrogens with zero attached hydrogens (tertiary/aromatic N) is 2. The molecule has 0 saturated carbocycles. The predicted octanol–water partition coefficient (Wildman–Crippen LogP) is 2.65. The summed E-state index contributed by atoms with van der Waals surface area (Å²) in [6.07, 6.45) is 0. The Labute approximate surface area is 180 Å². The predicted molar refractivity (Wildman–Crippen MR) is 114 cm³/mol. The summed E-state index contributed by atoms with van der Waals surface area (Å²) in [4.78, 5) is 27.0. The molecule has 0 radical (unpaired) electrons. The highest BCUT2D eigenvalue weighted by Gasteiger charge is 2.24. The Morgan fingerprint density at radius 1 is 1.17 bits per heavy atom. The van der Waals surface area contributed by atoms with Crippen LogP contribution in [0.4, 0.5) is 5.69 Å². The summed E-state index contributed by atoms with van der Waals surface area (Å²) in [7, 11) is 0. The van der Waals surface area contributed by atoms with E-state index in [1.807, 2.05) is 37.3 Å². The lowest BCUT2D eigenvalue weighted by Gasteiger charge is -2.35. The molecule has 156 valence electrons. The number of rotatable bonds is 5. The SMILES string of the molecule is Cc1ccc(C(CNC(=O)C(=O)Nc2cc(Cl)ccc2C#N)N2CCOCC2)cc1. The van der Waals surface area contributed by atoms with Gasteiger partial charge in [0.1, 0.15) is 6.07 Å². The maximum absolute atomic E-state index is 12.4. The second-order valence-corrected chi connectivity index (χ2v) is 7.48. The van der Waals surface area contributed by atoms with Crippen molar-refractivity contribution in [1.29, 1.82) is 5.26 Å². The van der Waals surface area contributed by atoms with Gasteiger partial charge in [0.2, 0.25) is 0 Å². The van der Waals surface area contributed by atoms with Gasteiger partial charge < -0.3 is 15.4 Å². The van der Waals surface area contributed by atoms with Crippen LogP contribution >= 0.6 is 11.6 Å². The van der Waals surface area contributed by atoms with Crippen LogP contribution in [0.3, 0.4) is 0 Å². The number of nitriles is 1. The van der Waals surface area contributed by atoms with Crippen LogP contribution in [0.2, 0.25) is 5.02 Å². The van der Waals surface area contributed by atoms with Crippen molar-refractivity contribution >= 4 is 29.1 Å². The number of nitrogens with one attached hydrogen (secondary N) is 2. The van der Waals surface area contributed by atoms with E-state index in [-0.39, 0.29) is 23.8 Å². The average molecular weight is 427 g/mol. The van der Waals surface area contributed by atoms with Gasteiger partial charge in [0.15, 0.2) is 0 Å². The zero-order chi connectivity index (χ0) is 21.5. The van der Waals surface area contributed by atoms with Crippen LogP contribution in [-0.2, 0) is 14.3 Å². The quantitative estimate of drug-likeness (QED) is 0.717. The van der Waals surface area contributed by atoms with Crippen molar-refractivity contribution < 1.29 is 14.3 Å². The van der Waals surface area contributed by atoms with Crippen molar-refractivity contribution in [2.45, 2.75) is 13.0 Å². The van der Waals surface area contributed by atoms with Crippen molar-refractivity contribution in [3.8, 4) is 6.07 Å². The van der Waals surface area contributed by atoms with E-state index in [1.54, 1.807) is 6.07 Å². The molecular formula is C22H23ClN4O3. The smallest absolute Gasteiger partial charge is 0.313 e. The number of carbonyl (C=O) groups excluding carboxylic acids is 2. The molecule has 8 heteroatoms. The van der Waals surface area contributed by atoms with Gasteiger partial charge in [-0.15, -0.1) is 0 Å². The van der Waals surface area contributed by atoms with E-state index < -0.39 is 11.8 Å². The van der Waals surface area contributed by atoms with Gasteiger partial charge in [0, 0.05) is 24.7 Å². The number of morpholine rings is 1. The first-order chi connectivity index (χ1) is 14.5. The van der Waals surface area contributed by atoms with Crippen LogP contribution in [0.1, 0.15) is 22.7 Å². The lowest BCUT2D eigenvalue weighted by atomic mass is 10.0. The van der Waals surface area contributed by atoms with Crippen LogP contribution in [-0.4, -0.2) is 49.6 Å². The number of benzene rings is 2. The Hall–Kier alpha value is -2.92. The van der Waals surface area contributed by atoms with Crippen molar-refractivity contribution in [3.63, 3.8) is 0 Å². The monoisotopic (exact) mass is 426 g/mol. The van der Waals surface area contributed by atoms with Crippen LogP contribution in [0.25, 0.3) is 0 Å². The fraction of sp³-hybridized carbons (Fsp3) is 0.318. The fourth-order valence-corrected chi connectivity index (χ4v) is 3.47.